The first-order valence-corrected chi connectivity index (χ1v) is 12.7. The van der Waals surface area contributed by atoms with Crippen LogP contribution < -0.4 is 5.32 Å². The highest BCUT2D eigenvalue weighted by atomic mass is 35.5. The Morgan fingerprint density at radius 2 is 1.72 bits per heavy atom. The summed E-state index contributed by atoms with van der Waals surface area (Å²) in [5.74, 6) is 0.470. The Hall–Kier alpha value is -1.40. The number of nitrogens with zero attached hydrogens (tertiary/aromatic N) is 1. The average molecular weight is 516 g/mol. The van der Waals surface area contributed by atoms with Gasteiger partial charge in [0.15, 0.2) is 0 Å². The van der Waals surface area contributed by atoms with Gasteiger partial charge in [-0.1, -0.05) is 66.0 Å². The Morgan fingerprint density at radius 1 is 1.03 bits per heavy atom. The van der Waals surface area contributed by atoms with Crippen LogP contribution >= 0.6 is 46.6 Å². The summed E-state index contributed by atoms with van der Waals surface area (Å²) in [4.78, 5) is 27.9. The van der Waals surface area contributed by atoms with E-state index in [1.54, 1.807) is 23.1 Å². The Kier molecular flexibility index (Phi) is 10.2. The van der Waals surface area contributed by atoms with Crippen molar-refractivity contribution in [3.8, 4) is 0 Å². The molecule has 4 nitrogen and oxygen atoms in total. The molecule has 1 atom stereocenters. The highest BCUT2D eigenvalue weighted by Gasteiger charge is 2.30. The number of amides is 2. The standard InChI is InChI=1S/C24H29Cl3N2O2S/c1-5-21(23(31)28-24(2,3)4)29(13-16-8-6-7-9-19(16)26)22(30)15-32-14-17-10-11-18(25)12-20(17)27/h6-12,21H,5,13-15H2,1-4H3,(H,28,31). The van der Waals surface area contributed by atoms with Crippen molar-refractivity contribution >= 4 is 58.4 Å². The second kappa shape index (κ2) is 12.2. The van der Waals surface area contributed by atoms with E-state index in [-0.39, 0.29) is 24.1 Å². The van der Waals surface area contributed by atoms with Gasteiger partial charge in [0.1, 0.15) is 6.04 Å². The molecule has 1 N–H and O–H groups in total. The Morgan fingerprint density at radius 3 is 2.31 bits per heavy atom. The van der Waals surface area contributed by atoms with Crippen LogP contribution in [0.2, 0.25) is 15.1 Å². The van der Waals surface area contributed by atoms with Crippen molar-refractivity contribution < 1.29 is 9.59 Å². The number of hydrogen-bond donors (Lipinski definition) is 1. The van der Waals surface area contributed by atoms with Gasteiger partial charge in [-0.2, -0.15) is 0 Å². The molecule has 0 bridgehead atoms. The molecule has 0 aliphatic carbocycles. The van der Waals surface area contributed by atoms with E-state index in [9.17, 15) is 9.59 Å². The molecule has 1 unspecified atom stereocenters. The maximum absolute atomic E-state index is 13.3. The zero-order valence-electron chi connectivity index (χ0n) is 18.8. The maximum atomic E-state index is 13.3. The summed E-state index contributed by atoms with van der Waals surface area (Å²) in [6.45, 7) is 7.92. The van der Waals surface area contributed by atoms with Crippen LogP contribution in [0.15, 0.2) is 42.5 Å². The summed E-state index contributed by atoms with van der Waals surface area (Å²) in [6.07, 6.45) is 0.492. The summed E-state index contributed by atoms with van der Waals surface area (Å²) >= 11 is 20.0. The number of halogens is 3. The highest BCUT2D eigenvalue weighted by molar-refractivity contribution is 7.99. The lowest BCUT2D eigenvalue weighted by molar-refractivity contribution is -0.140. The minimum atomic E-state index is -0.599. The van der Waals surface area contributed by atoms with Gasteiger partial charge in [-0.15, -0.1) is 11.8 Å². The third-order valence-electron chi connectivity index (χ3n) is 4.68. The van der Waals surface area contributed by atoms with Gasteiger partial charge < -0.3 is 10.2 Å². The lowest BCUT2D eigenvalue weighted by Crippen LogP contribution is -2.53. The zero-order chi connectivity index (χ0) is 23.9. The Labute approximate surface area is 210 Å². The summed E-state index contributed by atoms with van der Waals surface area (Å²) < 4.78 is 0. The maximum Gasteiger partial charge on any atom is 0.243 e. The van der Waals surface area contributed by atoms with Crippen LogP contribution in [0.3, 0.4) is 0 Å². The summed E-state index contributed by atoms with van der Waals surface area (Å²) in [5.41, 5.74) is 1.31. The van der Waals surface area contributed by atoms with Crippen molar-refractivity contribution in [2.75, 3.05) is 5.75 Å². The van der Waals surface area contributed by atoms with Crippen molar-refractivity contribution in [3.05, 3.63) is 68.7 Å². The van der Waals surface area contributed by atoms with Gasteiger partial charge in [-0.25, -0.2) is 0 Å². The topological polar surface area (TPSA) is 49.4 Å². The van der Waals surface area contributed by atoms with E-state index in [4.69, 9.17) is 34.8 Å². The first-order chi connectivity index (χ1) is 15.0. The minimum Gasteiger partial charge on any atom is -0.350 e. The van der Waals surface area contributed by atoms with Crippen LogP contribution in [0, 0.1) is 0 Å². The second-order valence-electron chi connectivity index (χ2n) is 8.50. The van der Waals surface area contributed by atoms with Gasteiger partial charge in [0.25, 0.3) is 0 Å². The molecule has 8 heteroatoms. The fourth-order valence-electron chi connectivity index (χ4n) is 3.15. The molecule has 0 radical (unpaired) electrons. The molecule has 0 aromatic heterocycles. The predicted molar refractivity (Wildman–Crippen MR) is 137 cm³/mol. The molecule has 0 heterocycles. The normalized spacial score (nSPS) is 12.3. The monoisotopic (exact) mass is 514 g/mol. The van der Waals surface area contributed by atoms with Crippen LogP contribution in [-0.4, -0.2) is 34.0 Å². The van der Waals surface area contributed by atoms with Crippen molar-refractivity contribution in [3.63, 3.8) is 0 Å². The molecule has 0 saturated heterocycles. The number of hydrogen-bond acceptors (Lipinski definition) is 3. The van der Waals surface area contributed by atoms with Gasteiger partial charge in [-0.3, -0.25) is 9.59 Å². The van der Waals surface area contributed by atoms with Crippen LogP contribution in [0.4, 0.5) is 0 Å². The second-order valence-corrected chi connectivity index (χ2v) is 10.7. The number of rotatable bonds is 9. The summed E-state index contributed by atoms with van der Waals surface area (Å²) in [7, 11) is 0. The van der Waals surface area contributed by atoms with E-state index in [1.165, 1.54) is 11.8 Å². The molecule has 0 aliphatic rings. The SMILES string of the molecule is CCC(C(=O)NC(C)(C)C)N(Cc1ccccc1Cl)C(=O)CSCc1ccc(Cl)cc1Cl. The third-order valence-corrected chi connectivity index (χ3v) is 6.60. The van der Waals surface area contributed by atoms with Crippen LogP contribution in [0.5, 0.6) is 0 Å². The first kappa shape index (κ1) is 26.8. The number of carbonyl (C=O) groups is 2. The van der Waals surface area contributed by atoms with Gasteiger partial charge in [-0.05, 0) is 56.5 Å². The average Bonchev–Trinajstić information content (AvgIpc) is 2.69. The van der Waals surface area contributed by atoms with E-state index in [0.29, 0.717) is 27.2 Å². The molecule has 2 amide bonds. The Balaban J connectivity index is 2.19. The zero-order valence-corrected chi connectivity index (χ0v) is 21.8. The molecular weight excluding hydrogens is 487 g/mol. The van der Waals surface area contributed by atoms with Crippen molar-refractivity contribution in [1.82, 2.24) is 10.2 Å². The van der Waals surface area contributed by atoms with Gasteiger partial charge in [0.05, 0.1) is 5.75 Å². The highest BCUT2D eigenvalue weighted by Crippen LogP contribution is 2.26. The largest absolute Gasteiger partial charge is 0.350 e. The van der Waals surface area contributed by atoms with Crippen molar-refractivity contribution in [1.29, 1.82) is 0 Å². The number of benzene rings is 2. The number of nitrogens with one attached hydrogen (secondary N) is 1. The minimum absolute atomic E-state index is 0.129. The lowest BCUT2D eigenvalue weighted by atomic mass is 10.1. The van der Waals surface area contributed by atoms with Crippen LogP contribution in [0.1, 0.15) is 45.2 Å². The van der Waals surface area contributed by atoms with E-state index in [2.05, 4.69) is 5.32 Å². The van der Waals surface area contributed by atoms with Crippen LogP contribution in [0.25, 0.3) is 0 Å². The lowest BCUT2D eigenvalue weighted by Gasteiger charge is -2.33. The van der Waals surface area contributed by atoms with E-state index in [0.717, 1.165) is 11.1 Å². The molecule has 2 aromatic rings. The molecule has 0 spiro atoms. The smallest absolute Gasteiger partial charge is 0.243 e. The molecule has 0 aliphatic heterocycles. The molecule has 32 heavy (non-hydrogen) atoms. The quantitative estimate of drug-likeness (QED) is 0.409. The van der Waals surface area contributed by atoms with Crippen molar-refractivity contribution in [2.24, 2.45) is 0 Å². The fourth-order valence-corrected chi connectivity index (χ4v) is 4.82. The number of thioether (sulfide) groups is 1. The molecule has 0 fully saturated rings. The van der Waals surface area contributed by atoms with E-state index >= 15 is 0 Å². The van der Waals surface area contributed by atoms with E-state index in [1.807, 2.05) is 52.0 Å². The number of carbonyl (C=O) groups excluding carboxylic acids is 2. The molecule has 0 saturated carbocycles. The molecule has 2 aromatic carbocycles. The first-order valence-electron chi connectivity index (χ1n) is 10.4. The van der Waals surface area contributed by atoms with Crippen LogP contribution in [-0.2, 0) is 21.9 Å². The summed E-state index contributed by atoms with van der Waals surface area (Å²) in [6, 6.07) is 12.1. The molecule has 2 rings (SSSR count). The predicted octanol–water partition coefficient (Wildman–Crippen LogP) is 6.60. The van der Waals surface area contributed by atoms with E-state index < -0.39 is 11.6 Å². The van der Waals surface area contributed by atoms with Gasteiger partial charge in [0, 0.05) is 32.9 Å². The third kappa shape index (κ3) is 8.18. The van der Waals surface area contributed by atoms with Gasteiger partial charge >= 0.3 is 0 Å². The molecule has 174 valence electrons. The van der Waals surface area contributed by atoms with Crippen molar-refractivity contribution in [2.45, 2.75) is 58.0 Å². The summed E-state index contributed by atoms with van der Waals surface area (Å²) in [5, 5.41) is 4.71. The Bertz CT molecular complexity index is 947. The van der Waals surface area contributed by atoms with Gasteiger partial charge in [0.2, 0.25) is 11.8 Å². The molecular formula is C24H29Cl3N2O2S. The fraction of sp³-hybridized carbons (Fsp3) is 0.417.